The van der Waals surface area contributed by atoms with Gasteiger partial charge in [-0.05, 0) is 24.1 Å². The van der Waals surface area contributed by atoms with E-state index >= 15 is 0 Å². The van der Waals surface area contributed by atoms with E-state index in [4.69, 9.17) is 4.74 Å². The van der Waals surface area contributed by atoms with Gasteiger partial charge in [0.2, 0.25) is 0 Å². The zero-order valence-corrected chi connectivity index (χ0v) is 11.4. The Labute approximate surface area is 111 Å². The highest BCUT2D eigenvalue weighted by molar-refractivity contribution is 7.79. The van der Waals surface area contributed by atoms with E-state index < -0.39 is 0 Å². The number of hydrogen-bond acceptors (Lipinski definition) is 4. The third-order valence-corrected chi connectivity index (χ3v) is 3.65. The molecule has 1 aromatic carbocycles. The van der Waals surface area contributed by atoms with Crippen molar-refractivity contribution in [2.75, 3.05) is 0 Å². The third-order valence-electron chi connectivity index (χ3n) is 2.46. The predicted octanol–water partition coefficient (Wildman–Crippen LogP) is 3.71. The van der Waals surface area contributed by atoms with E-state index in [1.165, 1.54) is 5.56 Å². The summed E-state index contributed by atoms with van der Waals surface area (Å²) in [7, 11) is 0. The number of rotatable bonds is 5. The van der Waals surface area contributed by atoms with E-state index in [-0.39, 0.29) is 0 Å². The Morgan fingerprint density at radius 1 is 1.29 bits per heavy atom. The van der Waals surface area contributed by atoms with Crippen LogP contribution >= 0.6 is 24.0 Å². The van der Waals surface area contributed by atoms with Crippen molar-refractivity contribution in [3.63, 3.8) is 0 Å². The molecule has 0 saturated heterocycles. The predicted molar refractivity (Wildman–Crippen MR) is 75.0 cm³/mol. The molecule has 0 saturated carbocycles. The quantitative estimate of drug-likeness (QED) is 0.832. The standard InChI is InChI=1S/C13H15NOS2/c1-2-10-3-5-12(6-4-10)15-7-13-14-11(8-16)9-17-13/h3-6,9,16H,2,7-8H2,1H3. The summed E-state index contributed by atoms with van der Waals surface area (Å²) < 4.78 is 5.67. The number of aryl methyl sites for hydroxylation is 1. The van der Waals surface area contributed by atoms with Crippen LogP contribution in [0.1, 0.15) is 23.2 Å². The monoisotopic (exact) mass is 265 g/mol. The van der Waals surface area contributed by atoms with Crippen LogP contribution in [0.5, 0.6) is 5.75 Å². The van der Waals surface area contributed by atoms with E-state index in [0.717, 1.165) is 22.9 Å². The van der Waals surface area contributed by atoms with Gasteiger partial charge < -0.3 is 4.74 Å². The number of thiazole rings is 1. The Kier molecular flexibility index (Phi) is 4.45. The summed E-state index contributed by atoms with van der Waals surface area (Å²) in [5.74, 6) is 1.58. The fourth-order valence-electron chi connectivity index (χ4n) is 1.45. The molecule has 0 unspecified atom stereocenters. The SMILES string of the molecule is CCc1ccc(OCc2nc(CS)cs2)cc1. The van der Waals surface area contributed by atoms with Crippen molar-refractivity contribution in [3.05, 3.63) is 45.9 Å². The average Bonchev–Trinajstić information content (AvgIpc) is 2.85. The van der Waals surface area contributed by atoms with Crippen LogP contribution in [0.4, 0.5) is 0 Å². The molecule has 0 fully saturated rings. The summed E-state index contributed by atoms with van der Waals surface area (Å²) in [6.45, 7) is 2.67. The molecule has 2 nitrogen and oxygen atoms in total. The smallest absolute Gasteiger partial charge is 0.140 e. The van der Waals surface area contributed by atoms with E-state index in [9.17, 15) is 0 Å². The minimum Gasteiger partial charge on any atom is -0.486 e. The van der Waals surface area contributed by atoms with Crippen LogP contribution < -0.4 is 4.74 Å². The first-order valence-electron chi connectivity index (χ1n) is 5.57. The number of aromatic nitrogens is 1. The molecule has 4 heteroatoms. The summed E-state index contributed by atoms with van der Waals surface area (Å²) >= 11 is 5.80. The lowest BCUT2D eigenvalue weighted by atomic mass is 10.2. The van der Waals surface area contributed by atoms with Crippen LogP contribution in [-0.4, -0.2) is 4.98 Å². The molecule has 2 rings (SSSR count). The molecule has 0 spiro atoms. The number of nitrogens with zero attached hydrogens (tertiary/aromatic N) is 1. The minimum absolute atomic E-state index is 0.532. The maximum Gasteiger partial charge on any atom is 0.140 e. The van der Waals surface area contributed by atoms with E-state index in [0.29, 0.717) is 12.4 Å². The lowest BCUT2D eigenvalue weighted by Crippen LogP contribution is -1.95. The van der Waals surface area contributed by atoms with Crippen molar-refractivity contribution >= 4 is 24.0 Å². The lowest BCUT2D eigenvalue weighted by molar-refractivity contribution is 0.305. The largest absolute Gasteiger partial charge is 0.486 e. The van der Waals surface area contributed by atoms with Crippen LogP contribution in [0.3, 0.4) is 0 Å². The number of ether oxygens (including phenoxy) is 1. The van der Waals surface area contributed by atoms with E-state index in [2.05, 4.69) is 36.7 Å². The summed E-state index contributed by atoms with van der Waals surface area (Å²) in [5.41, 5.74) is 2.34. The van der Waals surface area contributed by atoms with Gasteiger partial charge in [-0.15, -0.1) is 11.3 Å². The van der Waals surface area contributed by atoms with Crippen LogP contribution in [0.25, 0.3) is 0 Å². The van der Waals surface area contributed by atoms with Crippen molar-refractivity contribution in [2.45, 2.75) is 25.7 Å². The van der Waals surface area contributed by atoms with Gasteiger partial charge in [0.05, 0.1) is 5.69 Å². The molecule has 0 aliphatic carbocycles. The van der Waals surface area contributed by atoms with Crippen molar-refractivity contribution in [2.24, 2.45) is 0 Å². The van der Waals surface area contributed by atoms with Gasteiger partial charge in [-0.1, -0.05) is 19.1 Å². The van der Waals surface area contributed by atoms with Crippen molar-refractivity contribution in [1.82, 2.24) is 4.98 Å². The van der Waals surface area contributed by atoms with Gasteiger partial charge in [-0.2, -0.15) is 12.6 Å². The first kappa shape index (κ1) is 12.5. The summed E-state index contributed by atoms with van der Waals surface area (Å²) in [4.78, 5) is 4.39. The van der Waals surface area contributed by atoms with Crippen LogP contribution in [0.2, 0.25) is 0 Å². The van der Waals surface area contributed by atoms with Crippen molar-refractivity contribution < 1.29 is 4.74 Å². The molecule has 90 valence electrons. The normalized spacial score (nSPS) is 10.5. The molecule has 2 aromatic rings. The fraction of sp³-hybridized carbons (Fsp3) is 0.308. The first-order chi connectivity index (χ1) is 8.31. The summed E-state index contributed by atoms with van der Waals surface area (Å²) in [6, 6.07) is 8.20. The summed E-state index contributed by atoms with van der Waals surface area (Å²) in [6.07, 6.45) is 1.05. The molecular formula is C13H15NOS2. The fourth-order valence-corrected chi connectivity index (χ4v) is 2.44. The molecule has 0 bridgehead atoms. The molecule has 0 amide bonds. The Morgan fingerprint density at radius 3 is 2.65 bits per heavy atom. The molecule has 0 atom stereocenters. The van der Waals surface area contributed by atoms with Gasteiger partial charge in [-0.3, -0.25) is 0 Å². The Morgan fingerprint density at radius 2 is 2.06 bits per heavy atom. The van der Waals surface area contributed by atoms with E-state index in [1.54, 1.807) is 11.3 Å². The second-order valence-corrected chi connectivity index (χ2v) is 4.94. The molecule has 1 aromatic heterocycles. The Hall–Kier alpha value is -1.00. The molecule has 0 radical (unpaired) electrons. The summed E-state index contributed by atoms with van der Waals surface area (Å²) in [5, 5.41) is 3.01. The van der Waals surface area contributed by atoms with Gasteiger partial charge in [0.15, 0.2) is 0 Å². The minimum atomic E-state index is 0.532. The second kappa shape index (κ2) is 6.07. The maximum atomic E-state index is 5.67. The molecule has 0 aliphatic heterocycles. The molecule has 0 N–H and O–H groups in total. The second-order valence-electron chi connectivity index (χ2n) is 3.68. The highest BCUT2D eigenvalue weighted by Gasteiger charge is 2.01. The zero-order chi connectivity index (χ0) is 12.1. The van der Waals surface area contributed by atoms with Gasteiger partial charge >= 0.3 is 0 Å². The Bertz CT molecular complexity index is 465. The topological polar surface area (TPSA) is 22.1 Å². The van der Waals surface area contributed by atoms with Crippen LogP contribution in [-0.2, 0) is 18.8 Å². The third kappa shape index (κ3) is 3.48. The van der Waals surface area contributed by atoms with Gasteiger partial charge in [0.1, 0.15) is 17.4 Å². The van der Waals surface area contributed by atoms with Crippen molar-refractivity contribution in [1.29, 1.82) is 0 Å². The number of thiol groups is 1. The van der Waals surface area contributed by atoms with Crippen LogP contribution in [0, 0.1) is 0 Å². The zero-order valence-electron chi connectivity index (χ0n) is 9.72. The highest BCUT2D eigenvalue weighted by atomic mass is 32.1. The maximum absolute atomic E-state index is 5.67. The van der Waals surface area contributed by atoms with Gasteiger partial charge in [-0.25, -0.2) is 4.98 Å². The van der Waals surface area contributed by atoms with Gasteiger partial charge in [0, 0.05) is 11.1 Å². The average molecular weight is 265 g/mol. The Balaban J connectivity index is 1.92. The molecule has 1 heterocycles. The lowest BCUT2D eigenvalue weighted by Gasteiger charge is -2.04. The van der Waals surface area contributed by atoms with Crippen molar-refractivity contribution in [3.8, 4) is 5.75 Å². The molecule has 0 aliphatic rings. The molecule has 17 heavy (non-hydrogen) atoms. The number of benzene rings is 1. The molecular weight excluding hydrogens is 250 g/mol. The number of hydrogen-bond donors (Lipinski definition) is 1. The first-order valence-corrected chi connectivity index (χ1v) is 7.09. The van der Waals surface area contributed by atoms with Crippen LogP contribution in [0.15, 0.2) is 29.6 Å². The highest BCUT2D eigenvalue weighted by Crippen LogP contribution is 2.17. The van der Waals surface area contributed by atoms with E-state index in [1.807, 2.05) is 17.5 Å². The van der Waals surface area contributed by atoms with Gasteiger partial charge in [0.25, 0.3) is 0 Å².